The topological polar surface area (TPSA) is 30.5 Å². The Bertz CT molecular complexity index is 408. The molecule has 0 saturated carbocycles. The molecule has 0 atom stereocenters. The minimum absolute atomic E-state index is 0.651. The van der Waals surface area contributed by atoms with E-state index in [4.69, 9.17) is 9.47 Å². The van der Waals surface area contributed by atoms with E-state index in [9.17, 15) is 0 Å². The van der Waals surface area contributed by atoms with Gasteiger partial charge in [0.1, 0.15) is 0 Å². The van der Waals surface area contributed by atoms with E-state index in [1.165, 1.54) is 5.56 Å². The van der Waals surface area contributed by atoms with Gasteiger partial charge in [-0.25, -0.2) is 0 Å². The molecule has 0 unspecified atom stereocenters. The van der Waals surface area contributed by atoms with Crippen LogP contribution in [-0.4, -0.2) is 20.3 Å². The number of methoxy groups -OCH3 is 1. The molecule has 1 rings (SSSR count). The zero-order valence-corrected chi connectivity index (χ0v) is 14.4. The molecule has 0 heterocycles. The van der Waals surface area contributed by atoms with Crippen LogP contribution in [-0.2, 0) is 6.54 Å². The average molecular weight is 293 g/mol. The summed E-state index contributed by atoms with van der Waals surface area (Å²) in [4.78, 5) is 0. The molecule has 0 bridgehead atoms. The molecule has 1 N–H and O–H groups in total. The lowest BCUT2D eigenvalue weighted by molar-refractivity contribution is 0.275. The molecule has 0 amide bonds. The van der Waals surface area contributed by atoms with Crippen molar-refractivity contribution in [3.8, 4) is 11.5 Å². The molecule has 0 aliphatic carbocycles. The predicted molar refractivity (Wildman–Crippen MR) is 89.0 cm³/mol. The highest BCUT2D eigenvalue weighted by molar-refractivity contribution is 5.42. The molecule has 3 heteroatoms. The number of rotatable bonds is 9. The van der Waals surface area contributed by atoms with Gasteiger partial charge in [0.15, 0.2) is 11.5 Å². The van der Waals surface area contributed by atoms with E-state index in [2.05, 4.69) is 45.1 Å². The molecule has 21 heavy (non-hydrogen) atoms. The van der Waals surface area contributed by atoms with Crippen LogP contribution >= 0.6 is 0 Å². The largest absolute Gasteiger partial charge is 0.493 e. The highest BCUT2D eigenvalue weighted by atomic mass is 16.5. The average Bonchev–Trinajstić information content (AvgIpc) is 2.44. The van der Waals surface area contributed by atoms with Gasteiger partial charge in [-0.15, -0.1) is 0 Å². The molecule has 0 fully saturated rings. The van der Waals surface area contributed by atoms with Crippen LogP contribution in [0.15, 0.2) is 18.2 Å². The van der Waals surface area contributed by atoms with Crippen molar-refractivity contribution < 1.29 is 9.47 Å². The normalized spacial score (nSPS) is 11.5. The van der Waals surface area contributed by atoms with Crippen molar-refractivity contribution in [3.63, 3.8) is 0 Å². The summed E-state index contributed by atoms with van der Waals surface area (Å²) in [5, 5.41) is 3.57. The minimum Gasteiger partial charge on any atom is -0.493 e. The van der Waals surface area contributed by atoms with Gasteiger partial charge < -0.3 is 14.8 Å². The Kier molecular flexibility index (Phi) is 7.58. The van der Waals surface area contributed by atoms with Crippen LogP contribution in [0.3, 0.4) is 0 Å². The van der Waals surface area contributed by atoms with Gasteiger partial charge in [0.05, 0.1) is 13.7 Å². The lowest BCUT2D eigenvalue weighted by Gasteiger charge is -2.25. The zero-order chi connectivity index (χ0) is 15.8. The van der Waals surface area contributed by atoms with E-state index in [1.807, 2.05) is 13.0 Å². The highest BCUT2D eigenvalue weighted by Crippen LogP contribution is 2.28. The predicted octanol–water partition coefficient (Wildman–Crippen LogP) is 4.11. The number of ether oxygens (including phenoxy) is 2. The summed E-state index contributed by atoms with van der Waals surface area (Å²) in [6.07, 6.45) is 0. The lowest BCUT2D eigenvalue weighted by Crippen LogP contribution is -2.29. The van der Waals surface area contributed by atoms with Crippen molar-refractivity contribution in [1.82, 2.24) is 5.32 Å². The van der Waals surface area contributed by atoms with Gasteiger partial charge in [0, 0.05) is 6.54 Å². The molecule has 0 spiro atoms. The fourth-order valence-corrected chi connectivity index (χ4v) is 2.72. The molecule has 0 saturated heterocycles. The molecule has 0 aliphatic rings. The van der Waals surface area contributed by atoms with Gasteiger partial charge in [0.2, 0.25) is 0 Å². The first kappa shape index (κ1) is 17.8. The third kappa shape index (κ3) is 5.58. The Morgan fingerprint density at radius 2 is 1.71 bits per heavy atom. The summed E-state index contributed by atoms with van der Waals surface area (Å²) in [7, 11) is 1.68. The van der Waals surface area contributed by atoms with Crippen molar-refractivity contribution in [2.75, 3.05) is 20.3 Å². The molecule has 3 nitrogen and oxygen atoms in total. The van der Waals surface area contributed by atoms with E-state index in [-0.39, 0.29) is 0 Å². The summed E-state index contributed by atoms with van der Waals surface area (Å²) >= 11 is 0. The van der Waals surface area contributed by atoms with Gasteiger partial charge in [0.25, 0.3) is 0 Å². The van der Waals surface area contributed by atoms with Gasteiger partial charge in [-0.1, -0.05) is 33.8 Å². The van der Waals surface area contributed by atoms with Crippen molar-refractivity contribution in [2.45, 2.75) is 41.2 Å². The SMILES string of the molecule is CCOc1ccc(CNCC(C(C)C)C(C)C)cc1OC. The first-order chi connectivity index (χ1) is 9.99. The van der Waals surface area contributed by atoms with Crippen LogP contribution < -0.4 is 14.8 Å². The first-order valence-corrected chi connectivity index (χ1v) is 8.00. The zero-order valence-electron chi connectivity index (χ0n) is 14.4. The van der Waals surface area contributed by atoms with E-state index in [0.717, 1.165) is 24.6 Å². The van der Waals surface area contributed by atoms with Crippen LogP contribution in [0, 0.1) is 17.8 Å². The smallest absolute Gasteiger partial charge is 0.161 e. The van der Waals surface area contributed by atoms with Crippen molar-refractivity contribution in [3.05, 3.63) is 23.8 Å². The van der Waals surface area contributed by atoms with Crippen LogP contribution in [0.5, 0.6) is 11.5 Å². The number of benzene rings is 1. The summed E-state index contributed by atoms with van der Waals surface area (Å²) in [6, 6.07) is 6.14. The second-order valence-electron chi connectivity index (χ2n) is 6.20. The second-order valence-corrected chi connectivity index (χ2v) is 6.20. The highest BCUT2D eigenvalue weighted by Gasteiger charge is 2.16. The molecule has 0 aliphatic heterocycles. The number of nitrogens with one attached hydrogen (secondary N) is 1. The Hall–Kier alpha value is -1.22. The first-order valence-electron chi connectivity index (χ1n) is 8.00. The monoisotopic (exact) mass is 293 g/mol. The quantitative estimate of drug-likeness (QED) is 0.743. The fraction of sp³-hybridized carbons (Fsp3) is 0.667. The Morgan fingerprint density at radius 3 is 2.24 bits per heavy atom. The molecular weight excluding hydrogens is 262 g/mol. The summed E-state index contributed by atoms with van der Waals surface area (Å²) in [5.74, 6) is 3.72. The van der Waals surface area contributed by atoms with Crippen LogP contribution in [0.25, 0.3) is 0 Å². The van der Waals surface area contributed by atoms with Crippen molar-refractivity contribution in [2.24, 2.45) is 17.8 Å². The molecule has 1 aromatic carbocycles. The van der Waals surface area contributed by atoms with E-state index < -0.39 is 0 Å². The molecule has 0 aromatic heterocycles. The molecule has 1 aromatic rings. The Labute approximate surface area is 130 Å². The number of hydrogen-bond donors (Lipinski definition) is 1. The van der Waals surface area contributed by atoms with Crippen LogP contribution in [0.1, 0.15) is 40.2 Å². The van der Waals surface area contributed by atoms with Crippen LogP contribution in [0.4, 0.5) is 0 Å². The van der Waals surface area contributed by atoms with Gasteiger partial charge in [-0.05, 0) is 48.9 Å². The summed E-state index contributed by atoms with van der Waals surface area (Å²) in [5.41, 5.74) is 1.22. The summed E-state index contributed by atoms with van der Waals surface area (Å²) < 4.78 is 10.9. The summed E-state index contributed by atoms with van der Waals surface area (Å²) in [6.45, 7) is 13.7. The third-order valence-electron chi connectivity index (χ3n) is 3.95. The van der Waals surface area contributed by atoms with E-state index in [0.29, 0.717) is 24.4 Å². The standard InChI is InChI=1S/C18H31NO2/c1-7-21-17-9-8-15(10-18(17)20-6)11-19-12-16(13(2)3)14(4)5/h8-10,13-14,16,19H,7,11-12H2,1-6H3. The van der Waals surface area contributed by atoms with Gasteiger partial charge in [-0.3, -0.25) is 0 Å². The van der Waals surface area contributed by atoms with Crippen molar-refractivity contribution in [1.29, 1.82) is 0 Å². The maximum absolute atomic E-state index is 5.54. The second kappa shape index (κ2) is 8.93. The molecule has 120 valence electrons. The van der Waals surface area contributed by atoms with Gasteiger partial charge >= 0.3 is 0 Å². The minimum atomic E-state index is 0.651. The molecular formula is C18H31NO2. The Morgan fingerprint density at radius 1 is 1.05 bits per heavy atom. The third-order valence-corrected chi connectivity index (χ3v) is 3.95. The maximum Gasteiger partial charge on any atom is 0.161 e. The Balaban J connectivity index is 2.59. The van der Waals surface area contributed by atoms with Crippen molar-refractivity contribution >= 4 is 0 Å². The fourth-order valence-electron chi connectivity index (χ4n) is 2.72. The van der Waals surface area contributed by atoms with Crippen LogP contribution in [0.2, 0.25) is 0 Å². The lowest BCUT2D eigenvalue weighted by atomic mass is 9.85. The van der Waals surface area contributed by atoms with E-state index in [1.54, 1.807) is 7.11 Å². The van der Waals surface area contributed by atoms with E-state index >= 15 is 0 Å². The maximum atomic E-state index is 5.54. The molecule has 0 radical (unpaired) electrons. The number of hydrogen-bond acceptors (Lipinski definition) is 3. The van der Waals surface area contributed by atoms with Gasteiger partial charge in [-0.2, -0.15) is 0 Å².